The molecule has 0 aliphatic rings. The van der Waals surface area contributed by atoms with Crippen molar-refractivity contribution >= 4 is 11.8 Å². The highest BCUT2D eigenvalue weighted by Crippen LogP contribution is 2.18. The number of rotatable bonds is 5. The second-order valence-electron chi connectivity index (χ2n) is 3.76. The third-order valence-electron chi connectivity index (χ3n) is 2.38. The molecule has 1 rings (SSSR count). The smallest absolute Gasteiger partial charge is 0.309 e. The zero-order chi connectivity index (χ0) is 14.3. The van der Waals surface area contributed by atoms with E-state index in [0.717, 1.165) is 0 Å². The number of carbonyl (C=O) groups excluding carboxylic acids is 2. The molecule has 0 aliphatic carbocycles. The van der Waals surface area contributed by atoms with Crippen molar-refractivity contribution < 1.29 is 24.8 Å². The van der Waals surface area contributed by atoms with Crippen molar-refractivity contribution in [3.63, 3.8) is 0 Å². The number of aromatic hydroxyl groups is 1. The molecule has 4 N–H and O–H groups in total. The first kappa shape index (κ1) is 14.9. The Morgan fingerprint density at radius 1 is 1.21 bits per heavy atom. The summed E-state index contributed by atoms with van der Waals surface area (Å²) in [5.41, 5.74) is 0.552. The number of carbonyl (C=O) groups is 2. The second-order valence-corrected chi connectivity index (χ2v) is 3.76. The Morgan fingerprint density at radius 3 is 2.32 bits per heavy atom. The van der Waals surface area contributed by atoms with E-state index in [4.69, 9.17) is 10.4 Å². The van der Waals surface area contributed by atoms with Crippen LogP contribution in [0, 0.1) is 0 Å². The van der Waals surface area contributed by atoms with Gasteiger partial charge >= 0.3 is 11.8 Å². The summed E-state index contributed by atoms with van der Waals surface area (Å²) >= 11 is 0. The van der Waals surface area contributed by atoms with Crippen molar-refractivity contribution in [3.8, 4) is 5.75 Å². The molecular formula is C12H16N2O5. The fourth-order valence-electron chi connectivity index (χ4n) is 1.41. The molecule has 0 spiro atoms. The summed E-state index contributed by atoms with van der Waals surface area (Å²) in [6.45, 7) is 1.97. The van der Waals surface area contributed by atoms with E-state index in [1.807, 2.05) is 0 Å². The molecule has 19 heavy (non-hydrogen) atoms. The topological polar surface area (TPSA) is 108 Å². The minimum atomic E-state index is -0.820. The van der Waals surface area contributed by atoms with E-state index in [-0.39, 0.29) is 12.3 Å². The number of hydrogen-bond acceptors (Lipinski definition) is 5. The van der Waals surface area contributed by atoms with Crippen LogP contribution in [0.4, 0.5) is 0 Å². The lowest BCUT2D eigenvalue weighted by Gasteiger charge is -2.14. The molecular weight excluding hydrogens is 252 g/mol. The molecule has 0 radical (unpaired) electrons. The van der Waals surface area contributed by atoms with Gasteiger partial charge < -0.3 is 15.7 Å². The van der Waals surface area contributed by atoms with Crippen LogP contribution in [-0.2, 0) is 14.5 Å². The Morgan fingerprint density at radius 2 is 1.79 bits per heavy atom. The SMILES string of the molecule is CCNC(=O)C(=O)NCC(OO)c1ccc(O)cc1. The Kier molecular flexibility index (Phi) is 5.77. The lowest BCUT2D eigenvalue weighted by atomic mass is 10.1. The summed E-state index contributed by atoms with van der Waals surface area (Å²) < 4.78 is 0. The molecule has 1 aromatic carbocycles. The predicted molar refractivity (Wildman–Crippen MR) is 66.3 cm³/mol. The van der Waals surface area contributed by atoms with Gasteiger partial charge in [-0.05, 0) is 24.6 Å². The standard InChI is InChI=1S/C12H16N2O5/c1-2-13-11(16)12(17)14-7-10(19-18)8-3-5-9(15)6-4-8/h3-6,10,15,18H,2,7H2,1H3,(H,13,16)(H,14,17). The summed E-state index contributed by atoms with van der Waals surface area (Å²) in [4.78, 5) is 26.7. The largest absolute Gasteiger partial charge is 0.508 e. The zero-order valence-electron chi connectivity index (χ0n) is 10.4. The predicted octanol–water partition coefficient (Wildman–Crippen LogP) is 0.175. The van der Waals surface area contributed by atoms with E-state index in [2.05, 4.69) is 15.5 Å². The molecule has 0 fully saturated rings. The monoisotopic (exact) mass is 268 g/mol. The molecule has 7 heteroatoms. The summed E-state index contributed by atoms with van der Waals surface area (Å²) in [5.74, 6) is -1.47. The number of nitrogens with one attached hydrogen (secondary N) is 2. The van der Waals surface area contributed by atoms with Crippen LogP contribution < -0.4 is 10.6 Å². The third-order valence-corrected chi connectivity index (χ3v) is 2.38. The highest BCUT2D eigenvalue weighted by atomic mass is 17.1. The van der Waals surface area contributed by atoms with Crippen LogP contribution in [0.5, 0.6) is 5.75 Å². The van der Waals surface area contributed by atoms with Gasteiger partial charge in [0.1, 0.15) is 11.9 Å². The van der Waals surface area contributed by atoms with Gasteiger partial charge in [0.2, 0.25) is 0 Å². The maximum Gasteiger partial charge on any atom is 0.309 e. The van der Waals surface area contributed by atoms with Gasteiger partial charge in [-0.1, -0.05) is 12.1 Å². The summed E-state index contributed by atoms with van der Waals surface area (Å²) in [6.07, 6.45) is -0.820. The first-order valence-electron chi connectivity index (χ1n) is 5.73. The highest BCUT2D eigenvalue weighted by molar-refractivity contribution is 6.35. The fraction of sp³-hybridized carbons (Fsp3) is 0.333. The molecule has 0 saturated carbocycles. The Bertz CT molecular complexity index is 432. The van der Waals surface area contributed by atoms with Crippen LogP contribution in [0.25, 0.3) is 0 Å². The molecule has 0 bridgehead atoms. The molecule has 1 atom stereocenters. The van der Waals surface area contributed by atoms with E-state index in [9.17, 15) is 9.59 Å². The summed E-state index contributed by atoms with van der Waals surface area (Å²) in [6, 6.07) is 5.92. The maximum atomic E-state index is 11.3. The Hall–Kier alpha value is -2.12. The van der Waals surface area contributed by atoms with Gasteiger partial charge in [0.15, 0.2) is 0 Å². The van der Waals surface area contributed by atoms with Crippen molar-refractivity contribution in [2.45, 2.75) is 13.0 Å². The van der Waals surface area contributed by atoms with Crippen LogP contribution in [0.2, 0.25) is 0 Å². The molecule has 104 valence electrons. The van der Waals surface area contributed by atoms with Gasteiger partial charge in [0.05, 0.1) is 6.54 Å². The van der Waals surface area contributed by atoms with Crippen LogP contribution in [-0.4, -0.2) is 35.3 Å². The fourth-order valence-corrected chi connectivity index (χ4v) is 1.41. The Labute approximate surface area is 110 Å². The molecule has 0 heterocycles. The van der Waals surface area contributed by atoms with Crippen LogP contribution in [0.1, 0.15) is 18.6 Å². The van der Waals surface area contributed by atoms with E-state index in [1.54, 1.807) is 6.92 Å². The first-order chi connectivity index (χ1) is 9.08. The van der Waals surface area contributed by atoms with Gasteiger partial charge in [0.25, 0.3) is 0 Å². The van der Waals surface area contributed by atoms with Gasteiger partial charge in [-0.2, -0.15) is 0 Å². The van der Waals surface area contributed by atoms with E-state index in [1.165, 1.54) is 24.3 Å². The van der Waals surface area contributed by atoms with Gasteiger partial charge in [-0.15, -0.1) is 0 Å². The van der Waals surface area contributed by atoms with E-state index < -0.39 is 17.9 Å². The number of hydrogen-bond donors (Lipinski definition) is 4. The third kappa shape index (κ3) is 4.57. The summed E-state index contributed by atoms with van der Waals surface area (Å²) in [7, 11) is 0. The van der Waals surface area contributed by atoms with Crippen LogP contribution in [0.3, 0.4) is 0 Å². The van der Waals surface area contributed by atoms with Crippen molar-refractivity contribution in [2.24, 2.45) is 0 Å². The van der Waals surface area contributed by atoms with E-state index >= 15 is 0 Å². The van der Waals surface area contributed by atoms with Crippen molar-refractivity contribution in [1.29, 1.82) is 0 Å². The number of amides is 2. The minimum absolute atomic E-state index is 0.0722. The summed E-state index contributed by atoms with van der Waals surface area (Å²) in [5, 5.41) is 22.6. The lowest BCUT2D eigenvalue weighted by Crippen LogP contribution is -2.41. The van der Waals surface area contributed by atoms with Crippen LogP contribution in [0.15, 0.2) is 24.3 Å². The van der Waals surface area contributed by atoms with Crippen molar-refractivity contribution in [3.05, 3.63) is 29.8 Å². The lowest BCUT2D eigenvalue weighted by molar-refractivity contribution is -0.280. The normalized spacial score (nSPS) is 11.7. The van der Waals surface area contributed by atoms with Crippen molar-refractivity contribution in [2.75, 3.05) is 13.1 Å². The number of likely N-dealkylation sites (N-methyl/N-ethyl adjacent to an activating group) is 1. The van der Waals surface area contributed by atoms with Gasteiger partial charge in [-0.25, -0.2) is 4.89 Å². The van der Waals surface area contributed by atoms with Gasteiger partial charge in [-0.3, -0.25) is 14.8 Å². The molecule has 1 aromatic rings. The van der Waals surface area contributed by atoms with Crippen molar-refractivity contribution in [1.82, 2.24) is 10.6 Å². The molecule has 1 unspecified atom stereocenters. The van der Waals surface area contributed by atoms with E-state index in [0.29, 0.717) is 12.1 Å². The molecule has 0 saturated heterocycles. The first-order valence-corrected chi connectivity index (χ1v) is 5.73. The highest BCUT2D eigenvalue weighted by Gasteiger charge is 2.17. The second kappa shape index (κ2) is 7.34. The van der Waals surface area contributed by atoms with Gasteiger partial charge in [0, 0.05) is 6.54 Å². The average Bonchev–Trinajstić information content (AvgIpc) is 2.41. The zero-order valence-corrected chi connectivity index (χ0v) is 10.4. The van der Waals surface area contributed by atoms with Crippen LogP contribution >= 0.6 is 0 Å². The Balaban J connectivity index is 2.56. The number of benzene rings is 1. The molecule has 7 nitrogen and oxygen atoms in total. The average molecular weight is 268 g/mol. The molecule has 0 aromatic heterocycles. The minimum Gasteiger partial charge on any atom is -0.508 e. The maximum absolute atomic E-state index is 11.3. The number of phenols is 1. The molecule has 2 amide bonds. The number of phenolic OH excluding ortho intramolecular Hbond substituents is 1. The molecule has 0 aliphatic heterocycles. The quantitative estimate of drug-likeness (QED) is 0.346.